The Morgan fingerprint density at radius 3 is 2.47 bits per heavy atom. The first kappa shape index (κ1) is 13.8. The topological polar surface area (TPSA) is 83.0 Å². The molecule has 0 heterocycles. The molecule has 104 valence electrons. The number of hydrogen-bond donors (Lipinski definition) is 3. The van der Waals surface area contributed by atoms with Crippen LogP contribution in [0.4, 0.5) is 11.4 Å². The number of nitrogens with two attached hydrogens (primary N) is 1. The zero-order valence-corrected chi connectivity index (χ0v) is 11.1. The van der Waals surface area contributed by atoms with E-state index < -0.39 is 0 Å². The molecule has 1 aromatic rings. The van der Waals surface area contributed by atoms with E-state index in [4.69, 9.17) is 10.8 Å². The highest BCUT2D eigenvalue weighted by Crippen LogP contribution is 2.24. The van der Waals surface area contributed by atoms with Gasteiger partial charge in [0.15, 0.2) is 0 Å². The molecule has 0 amide bonds. The number of benzene rings is 1. The number of rotatable bonds is 5. The van der Waals surface area contributed by atoms with Crippen LogP contribution in [0.1, 0.15) is 25.7 Å². The van der Waals surface area contributed by atoms with Gasteiger partial charge in [0, 0.05) is 17.4 Å². The Labute approximate surface area is 113 Å². The lowest BCUT2D eigenvalue weighted by Gasteiger charge is -2.27. The fourth-order valence-corrected chi connectivity index (χ4v) is 2.37. The lowest BCUT2D eigenvalue weighted by molar-refractivity contribution is 0.301. The highest BCUT2D eigenvalue weighted by atomic mass is 16.3. The van der Waals surface area contributed by atoms with Crippen LogP contribution in [0.5, 0.6) is 0 Å². The zero-order chi connectivity index (χ0) is 13.5. The quantitative estimate of drug-likeness (QED) is 0.563. The third kappa shape index (κ3) is 4.52. The largest absolute Gasteiger partial charge is 0.399 e. The van der Waals surface area contributed by atoms with E-state index in [1.54, 1.807) is 0 Å². The molecular weight excluding hydrogens is 240 g/mol. The molecule has 0 bridgehead atoms. The fourth-order valence-electron chi connectivity index (χ4n) is 2.37. The Bertz CT molecular complexity index is 396. The molecular formula is C14H22N4O. The maximum Gasteiger partial charge on any atom is 0.0830 e. The Hall–Kier alpha value is -1.62. The predicted octanol–water partition coefficient (Wildman–Crippen LogP) is 2.44. The van der Waals surface area contributed by atoms with Crippen molar-refractivity contribution in [3.8, 4) is 0 Å². The fraction of sp³-hybridized carbons (Fsp3) is 0.571. The van der Waals surface area contributed by atoms with Crippen molar-refractivity contribution < 1.29 is 5.11 Å². The summed E-state index contributed by atoms with van der Waals surface area (Å²) in [6, 6.07) is 8.70. The number of anilines is 2. The van der Waals surface area contributed by atoms with Crippen LogP contribution in [-0.4, -0.2) is 30.3 Å². The highest BCUT2D eigenvalue weighted by molar-refractivity contribution is 5.51. The molecule has 0 unspecified atom stereocenters. The summed E-state index contributed by atoms with van der Waals surface area (Å²) in [4.78, 5) is 0. The van der Waals surface area contributed by atoms with Crippen LogP contribution in [-0.2, 0) is 0 Å². The van der Waals surface area contributed by atoms with Gasteiger partial charge < -0.3 is 16.2 Å². The van der Waals surface area contributed by atoms with Crippen molar-refractivity contribution in [2.24, 2.45) is 10.2 Å². The Balaban J connectivity index is 1.75. The monoisotopic (exact) mass is 262 g/mol. The third-order valence-corrected chi connectivity index (χ3v) is 3.42. The molecule has 0 aliphatic heterocycles. The first-order valence-electron chi connectivity index (χ1n) is 6.87. The van der Waals surface area contributed by atoms with Crippen LogP contribution in [0.25, 0.3) is 0 Å². The number of nitrogen functional groups attached to an aromatic ring is 1. The molecule has 19 heavy (non-hydrogen) atoms. The van der Waals surface area contributed by atoms with E-state index >= 15 is 0 Å². The third-order valence-electron chi connectivity index (χ3n) is 3.42. The van der Waals surface area contributed by atoms with Gasteiger partial charge in [-0.15, -0.1) is 0 Å². The smallest absolute Gasteiger partial charge is 0.0830 e. The number of aliphatic hydroxyl groups is 1. The Morgan fingerprint density at radius 2 is 1.84 bits per heavy atom. The minimum Gasteiger partial charge on any atom is -0.399 e. The Morgan fingerprint density at radius 1 is 1.16 bits per heavy atom. The summed E-state index contributed by atoms with van der Waals surface area (Å²) < 4.78 is 0. The van der Waals surface area contributed by atoms with Crippen molar-refractivity contribution in [1.82, 2.24) is 0 Å². The lowest BCUT2D eigenvalue weighted by atomic mass is 9.91. The van der Waals surface area contributed by atoms with Crippen LogP contribution in [0.15, 0.2) is 34.5 Å². The van der Waals surface area contributed by atoms with E-state index in [1.165, 1.54) is 0 Å². The van der Waals surface area contributed by atoms with Crippen molar-refractivity contribution in [3.63, 3.8) is 0 Å². The molecule has 0 aromatic heterocycles. The van der Waals surface area contributed by atoms with Gasteiger partial charge in [0.1, 0.15) is 0 Å². The molecule has 5 heteroatoms. The number of aliphatic hydroxyl groups excluding tert-OH is 1. The second-order valence-electron chi connectivity index (χ2n) is 4.98. The number of nitrogens with zero attached hydrogens (tertiary/aromatic N) is 2. The normalized spacial score (nSPS) is 23.6. The molecule has 0 spiro atoms. The Kier molecular flexibility index (Phi) is 5.15. The van der Waals surface area contributed by atoms with E-state index in [9.17, 15) is 0 Å². The van der Waals surface area contributed by atoms with Gasteiger partial charge in [-0.2, -0.15) is 10.2 Å². The van der Waals surface area contributed by atoms with Gasteiger partial charge in [-0.3, -0.25) is 0 Å². The van der Waals surface area contributed by atoms with Crippen molar-refractivity contribution in [2.45, 2.75) is 37.8 Å². The molecule has 2 rings (SSSR count). The number of hydrogen-bond acceptors (Lipinski definition) is 5. The minimum absolute atomic E-state index is 0.0809. The van der Waals surface area contributed by atoms with Crippen LogP contribution < -0.4 is 11.1 Å². The predicted molar refractivity (Wildman–Crippen MR) is 77.3 cm³/mol. The molecule has 1 aliphatic carbocycles. The average Bonchev–Trinajstić information content (AvgIpc) is 2.44. The van der Waals surface area contributed by atoms with Crippen LogP contribution in [0.3, 0.4) is 0 Å². The maximum atomic E-state index is 8.65. The summed E-state index contributed by atoms with van der Waals surface area (Å²) in [5.41, 5.74) is 7.58. The van der Waals surface area contributed by atoms with Gasteiger partial charge in [0.2, 0.25) is 0 Å². The molecule has 0 radical (unpaired) electrons. The summed E-state index contributed by atoms with van der Waals surface area (Å²) in [6.45, 7) is 0.501. The first-order valence-corrected chi connectivity index (χ1v) is 6.87. The van der Waals surface area contributed by atoms with Crippen LogP contribution in [0.2, 0.25) is 0 Å². The first-order chi connectivity index (χ1) is 9.28. The lowest BCUT2D eigenvalue weighted by Crippen LogP contribution is -2.27. The van der Waals surface area contributed by atoms with Gasteiger partial charge in [0.05, 0.1) is 19.2 Å². The number of azo groups is 1. The van der Waals surface area contributed by atoms with E-state index in [1.807, 2.05) is 24.3 Å². The molecule has 1 aliphatic rings. The molecule has 1 fully saturated rings. The van der Waals surface area contributed by atoms with Gasteiger partial charge in [-0.1, -0.05) is 0 Å². The second kappa shape index (κ2) is 7.09. The van der Waals surface area contributed by atoms with E-state index in [0.29, 0.717) is 18.6 Å². The average molecular weight is 262 g/mol. The van der Waals surface area contributed by atoms with Crippen molar-refractivity contribution in [2.75, 3.05) is 24.2 Å². The maximum absolute atomic E-state index is 8.65. The van der Waals surface area contributed by atoms with Gasteiger partial charge in [-0.05, 0) is 49.9 Å². The van der Waals surface area contributed by atoms with Gasteiger partial charge >= 0.3 is 0 Å². The summed E-state index contributed by atoms with van der Waals surface area (Å²) >= 11 is 0. The summed E-state index contributed by atoms with van der Waals surface area (Å²) in [5, 5.41) is 20.4. The van der Waals surface area contributed by atoms with Gasteiger partial charge in [0.25, 0.3) is 0 Å². The van der Waals surface area contributed by atoms with Crippen molar-refractivity contribution in [1.29, 1.82) is 0 Å². The highest BCUT2D eigenvalue weighted by Gasteiger charge is 2.20. The van der Waals surface area contributed by atoms with E-state index in [0.717, 1.165) is 37.1 Å². The molecule has 1 saturated carbocycles. The second-order valence-corrected chi connectivity index (χ2v) is 4.98. The molecule has 5 nitrogen and oxygen atoms in total. The molecule has 4 N–H and O–H groups in total. The van der Waals surface area contributed by atoms with E-state index in [2.05, 4.69) is 15.5 Å². The standard InChI is InChI=1S/C14H22N4O/c15-11-1-3-12(4-2-11)17-13-5-7-14(8-6-13)18-16-9-10-19/h1-4,13-14,17,19H,5-10,15H2/b18-16+. The zero-order valence-electron chi connectivity index (χ0n) is 11.1. The molecule has 0 atom stereocenters. The van der Waals surface area contributed by atoms with E-state index in [-0.39, 0.29) is 6.61 Å². The van der Waals surface area contributed by atoms with Gasteiger partial charge in [-0.25, -0.2) is 0 Å². The molecule has 1 aromatic carbocycles. The minimum atomic E-state index is 0.0809. The van der Waals surface area contributed by atoms with Crippen molar-refractivity contribution in [3.05, 3.63) is 24.3 Å². The summed E-state index contributed by atoms with van der Waals surface area (Å²) in [7, 11) is 0. The summed E-state index contributed by atoms with van der Waals surface area (Å²) in [6.07, 6.45) is 4.32. The SMILES string of the molecule is Nc1ccc(NC2CCC(/N=N/CCO)CC2)cc1. The number of nitrogens with one attached hydrogen (secondary N) is 1. The van der Waals surface area contributed by atoms with Crippen LogP contribution in [0, 0.1) is 0 Å². The van der Waals surface area contributed by atoms with Crippen molar-refractivity contribution >= 4 is 11.4 Å². The molecule has 0 saturated heterocycles. The summed E-state index contributed by atoms with van der Waals surface area (Å²) in [5.74, 6) is 0. The van der Waals surface area contributed by atoms with Crippen LogP contribution >= 0.6 is 0 Å².